The topological polar surface area (TPSA) is 243 Å². The van der Waals surface area contributed by atoms with Crippen LogP contribution >= 0.6 is 26.0 Å². The Morgan fingerprint density at radius 2 is 1.39 bits per heavy atom. The third kappa shape index (κ3) is 6.04. The SMILES string of the molecule is Nc1ccn([C@@H]2C[C@H]3OP(=O)(O)SC[C@H]4O[C@@H](n5ccc(N)nc5=O)C[C@@H]4OP(=O)(O)OC[C@@H]3O2)c(=O)n1. The highest BCUT2D eigenvalue weighted by Crippen LogP contribution is 2.60. The predicted molar refractivity (Wildman–Crippen MR) is 131 cm³/mol. The van der Waals surface area contributed by atoms with Crippen LogP contribution < -0.4 is 22.8 Å². The summed E-state index contributed by atoms with van der Waals surface area (Å²) in [6, 6.07) is 2.75. The lowest BCUT2D eigenvalue weighted by molar-refractivity contribution is -0.0475. The van der Waals surface area contributed by atoms with Gasteiger partial charge in [0.15, 0.2) is 0 Å². The van der Waals surface area contributed by atoms with Crippen molar-refractivity contribution in [2.45, 2.75) is 49.7 Å². The van der Waals surface area contributed by atoms with Gasteiger partial charge in [-0.05, 0) is 23.5 Å². The van der Waals surface area contributed by atoms with Gasteiger partial charge in [-0.25, -0.2) is 18.7 Å². The zero-order chi connectivity index (χ0) is 27.2. The van der Waals surface area contributed by atoms with Crippen molar-refractivity contribution in [1.82, 2.24) is 19.1 Å². The largest absolute Gasteiger partial charge is 0.472 e. The summed E-state index contributed by atoms with van der Waals surface area (Å²) in [6.45, 7) is -4.91. The molecule has 5 heterocycles. The molecule has 0 aromatic carbocycles. The maximum absolute atomic E-state index is 12.9. The van der Waals surface area contributed by atoms with E-state index in [1.807, 2.05) is 0 Å². The molecule has 20 heteroatoms. The van der Waals surface area contributed by atoms with Crippen molar-refractivity contribution < 1.29 is 42.0 Å². The summed E-state index contributed by atoms with van der Waals surface area (Å²) in [5.41, 5.74) is 9.60. The summed E-state index contributed by atoms with van der Waals surface area (Å²) in [5.74, 6) is -0.200. The minimum atomic E-state index is -4.71. The van der Waals surface area contributed by atoms with Crippen LogP contribution in [0.4, 0.5) is 11.6 Å². The number of nitrogens with zero attached hydrogens (tertiary/aromatic N) is 4. The van der Waals surface area contributed by atoms with E-state index in [0.717, 1.165) is 9.13 Å². The Balaban J connectivity index is 1.36. The number of nitrogens with two attached hydrogens (primary N) is 2. The molecule has 17 nitrogen and oxygen atoms in total. The molecule has 0 aliphatic carbocycles. The van der Waals surface area contributed by atoms with Gasteiger partial charge < -0.3 is 30.7 Å². The maximum atomic E-state index is 12.9. The molecule has 3 fully saturated rings. The zero-order valence-electron chi connectivity index (χ0n) is 19.4. The van der Waals surface area contributed by atoms with Crippen molar-refractivity contribution in [2.24, 2.45) is 0 Å². The first-order chi connectivity index (χ1) is 17.9. The standard InChI is InChI=1S/C18H24N6O11P2S/c19-13-1-3-23(17(25)21-13)15-5-9-11(32-15)7-31-36(27,28)34-10-6-16(24-4-2-14(20)22-18(24)26)33-12(10)8-38-37(29,30)35-9/h1-4,9-12,15-16H,5-8H2,(H,27,28)(H,29,30)(H2,19,21,25)(H2,20,22,26)/t9-,10+,11+,12-,15+,16-/m1/s1. The van der Waals surface area contributed by atoms with Crippen LogP contribution in [-0.2, 0) is 32.2 Å². The maximum Gasteiger partial charge on any atom is 0.472 e. The van der Waals surface area contributed by atoms with Gasteiger partial charge in [-0.3, -0.25) is 22.7 Å². The lowest BCUT2D eigenvalue weighted by Gasteiger charge is -2.26. The Morgan fingerprint density at radius 3 is 1.95 bits per heavy atom. The van der Waals surface area contributed by atoms with E-state index in [1.165, 1.54) is 24.5 Å². The van der Waals surface area contributed by atoms with Crippen molar-refractivity contribution in [3.05, 3.63) is 45.5 Å². The summed E-state index contributed by atoms with van der Waals surface area (Å²) in [7, 11) is -4.71. The summed E-state index contributed by atoms with van der Waals surface area (Å²) in [5, 5.41) is 0. The first-order valence-corrected chi connectivity index (χ1v) is 15.9. The second-order valence-corrected chi connectivity index (χ2v) is 13.9. The first kappa shape index (κ1) is 27.5. The lowest BCUT2D eigenvalue weighted by Crippen LogP contribution is -2.31. The monoisotopic (exact) mass is 594 g/mol. The second kappa shape index (κ2) is 10.5. The number of aromatic nitrogens is 4. The summed E-state index contributed by atoms with van der Waals surface area (Å²) in [6.07, 6.45) is -3.68. The van der Waals surface area contributed by atoms with E-state index in [-0.39, 0.29) is 30.2 Å². The van der Waals surface area contributed by atoms with Gasteiger partial charge >= 0.3 is 26.0 Å². The number of phosphoric ester groups is 1. The molecule has 0 bridgehead atoms. The van der Waals surface area contributed by atoms with Gasteiger partial charge in [-0.15, -0.1) is 0 Å². The summed E-state index contributed by atoms with van der Waals surface area (Å²) < 4.78 is 55.5. The van der Waals surface area contributed by atoms with Crippen molar-refractivity contribution in [1.29, 1.82) is 0 Å². The number of hydrogen-bond acceptors (Lipinski definition) is 14. The smallest absolute Gasteiger partial charge is 0.383 e. The third-order valence-corrected chi connectivity index (χ3v) is 10.1. The van der Waals surface area contributed by atoms with Crippen molar-refractivity contribution in [3.8, 4) is 0 Å². The molecule has 0 radical (unpaired) electrons. The van der Waals surface area contributed by atoms with Gasteiger partial charge in [-0.1, -0.05) is 0 Å². The molecule has 3 aliphatic heterocycles. The quantitative estimate of drug-likeness (QED) is 0.334. The second-order valence-electron chi connectivity index (χ2n) is 8.63. The molecule has 3 saturated heterocycles. The molecule has 5 rings (SSSR count). The Labute approximate surface area is 217 Å². The van der Waals surface area contributed by atoms with E-state index in [4.69, 9.17) is 34.5 Å². The minimum Gasteiger partial charge on any atom is -0.383 e. The van der Waals surface area contributed by atoms with E-state index in [1.54, 1.807) is 0 Å². The molecule has 208 valence electrons. The van der Waals surface area contributed by atoms with Gasteiger partial charge in [0.25, 0.3) is 0 Å². The van der Waals surface area contributed by atoms with Gasteiger partial charge in [0.2, 0.25) is 0 Å². The highest BCUT2D eigenvalue weighted by Gasteiger charge is 2.47. The molecule has 0 amide bonds. The van der Waals surface area contributed by atoms with Crippen LogP contribution in [0.2, 0.25) is 0 Å². The Bertz CT molecular complexity index is 1320. The molecule has 8 atom stereocenters. The number of phosphoric acid groups is 1. The van der Waals surface area contributed by atoms with E-state index in [0.29, 0.717) is 11.4 Å². The molecular weight excluding hydrogens is 570 g/mol. The van der Waals surface area contributed by atoms with Crippen molar-refractivity contribution >= 4 is 37.6 Å². The number of hydrogen-bond donors (Lipinski definition) is 4. The number of rotatable bonds is 2. The van der Waals surface area contributed by atoms with Crippen LogP contribution in [0.5, 0.6) is 0 Å². The average molecular weight is 594 g/mol. The molecule has 0 saturated carbocycles. The zero-order valence-corrected chi connectivity index (χ0v) is 22.0. The van der Waals surface area contributed by atoms with Gasteiger partial charge in [0.1, 0.15) is 42.4 Å². The Hall–Kier alpha value is -2.11. The van der Waals surface area contributed by atoms with E-state index in [9.17, 15) is 28.5 Å². The van der Waals surface area contributed by atoms with E-state index >= 15 is 0 Å². The average Bonchev–Trinajstić information content (AvgIpc) is 3.39. The number of fused-ring (bicyclic) bond motifs is 2. The number of ether oxygens (including phenoxy) is 2. The van der Waals surface area contributed by atoms with Crippen LogP contribution in [0.1, 0.15) is 25.3 Å². The molecule has 38 heavy (non-hydrogen) atoms. The van der Waals surface area contributed by atoms with Crippen molar-refractivity contribution in [2.75, 3.05) is 23.8 Å². The fourth-order valence-corrected chi connectivity index (χ4v) is 8.03. The number of anilines is 2. The van der Waals surface area contributed by atoms with Crippen LogP contribution in [0.25, 0.3) is 0 Å². The van der Waals surface area contributed by atoms with Crippen LogP contribution in [-0.4, -0.2) is 65.7 Å². The molecule has 2 aromatic rings. The van der Waals surface area contributed by atoms with E-state index < -0.39 is 69.5 Å². The molecule has 2 aromatic heterocycles. The molecule has 0 spiro atoms. The highest BCUT2D eigenvalue weighted by molar-refractivity contribution is 8.54. The van der Waals surface area contributed by atoms with Gasteiger partial charge in [0.05, 0.1) is 12.7 Å². The van der Waals surface area contributed by atoms with E-state index in [2.05, 4.69) is 9.97 Å². The van der Waals surface area contributed by atoms with Gasteiger partial charge in [-0.2, -0.15) is 9.97 Å². The fraction of sp³-hybridized carbons (Fsp3) is 0.556. The van der Waals surface area contributed by atoms with Gasteiger partial charge in [0, 0.05) is 31.0 Å². The van der Waals surface area contributed by atoms with Crippen molar-refractivity contribution in [3.63, 3.8) is 0 Å². The Kier molecular flexibility index (Phi) is 7.56. The molecule has 3 aliphatic rings. The fourth-order valence-electron chi connectivity index (χ4n) is 4.29. The normalized spacial score (nSPS) is 38.1. The third-order valence-electron chi connectivity index (χ3n) is 6.03. The Morgan fingerprint density at radius 1 is 0.868 bits per heavy atom. The minimum absolute atomic E-state index is 0.00158. The molecule has 2 unspecified atom stereocenters. The lowest BCUT2D eigenvalue weighted by atomic mass is 10.2. The highest BCUT2D eigenvalue weighted by atomic mass is 32.7. The summed E-state index contributed by atoms with van der Waals surface area (Å²) >= 11 is 0.521. The molecular formula is C18H24N6O11P2S. The first-order valence-electron chi connectivity index (χ1n) is 11.2. The van der Waals surface area contributed by atoms with Crippen LogP contribution in [0.3, 0.4) is 0 Å². The predicted octanol–water partition coefficient (Wildman–Crippen LogP) is -0.0258. The van der Waals surface area contributed by atoms with Crippen LogP contribution in [0, 0.1) is 0 Å². The number of nitrogen functional groups attached to an aromatic ring is 2. The summed E-state index contributed by atoms with van der Waals surface area (Å²) in [4.78, 5) is 52.7. The van der Waals surface area contributed by atoms with Crippen LogP contribution in [0.15, 0.2) is 34.1 Å². The molecule has 6 N–H and O–H groups in total.